The van der Waals surface area contributed by atoms with Gasteiger partial charge in [0, 0.05) is 6.42 Å². The lowest BCUT2D eigenvalue weighted by molar-refractivity contribution is -0.186. The molecule has 3 aromatic rings. The first-order valence-electron chi connectivity index (χ1n) is 10.4. The summed E-state index contributed by atoms with van der Waals surface area (Å²) in [6.07, 6.45) is -0.506. The zero-order valence-corrected chi connectivity index (χ0v) is 18.0. The van der Waals surface area contributed by atoms with E-state index < -0.39 is 29.5 Å². The molecule has 2 atom stereocenters. The summed E-state index contributed by atoms with van der Waals surface area (Å²) in [6, 6.07) is 27.5. The van der Waals surface area contributed by atoms with Crippen molar-refractivity contribution in [1.29, 1.82) is 0 Å². The quantitative estimate of drug-likeness (QED) is 0.433. The second-order valence-electron chi connectivity index (χ2n) is 7.64. The van der Waals surface area contributed by atoms with Gasteiger partial charge in [0.05, 0.1) is 19.9 Å². The number of carbonyl (C=O) groups excluding carboxylic acids is 2. The molecule has 1 saturated heterocycles. The zero-order chi connectivity index (χ0) is 22.6. The van der Waals surface area contributed by atoms with E-state index in [0.717, 1.165) is 11.1 Å². The summed E-state index contributed by atoms with van der Waals surface area (Å²) in [5, 5.41) is 1.64. The number of rotatable bonds is 5. The van der Waals surface area contributed by atoms with Gasteiger partial charge < -0.3 is 9.47 Å². The number of esters is 2. The summed E-state index contributed by atoms with van der Waals surface area (Å²) in [7, 11) is 2.57. The van der Waals surface area contributed by atoms with E-state index in [1.807, 2.05) is 91.0 Å². The van der Waals surface area contributed by atoms with Crippen molar-refractivity contribution in [3.8, 4) is 0 Å². The normalized spacial score (nSPS) is 19.8. The van der Waals surface area contributed by atoms with Crippen LogP contribution >= 0.6 is 0 Å². The van der Waals surface area contributed by atoms with Crippen LogP contribution in [-0.2, 0) is 23.9 Å². The van der Waals surface area contributed by atoms with Crippen LogP contribution in [0.3, 0.4) is 0 Å². The molecule has 3 aromatic carbocycles. The number of ether oxygens (including phenoxy) is 2. The van der Waals surface area contributed by atoms with Crippen molar-refractivity contribution in [2.75, 3.05) is 19.3 Å². The molecule has 0 aromatic heterocycles. The predicted molar refractivity (Wildman–Crippen MR) is 119 cm³/mol. The van der Waals surface area contributed by atoms with Crippen molar-refractivity contribution in [3.63, 3.8) is 0 Å². The first-order chi connectivity index (χ1) is 15.6. The van der Waals surface area contributed by atoms with Crippen molar-refractivity contribution < 1.29 is 23.9 Å². The molecular formula is C26H25NO5. The Morgan fingerprint density at radius 2 is 1.25 bits per heavy atom. The lowest BCUT2D eigenvalue weighted by atomic mass is 9.70. The second kappa shape index (κ2) is 9.24. The van der Waals surface area contributed by atoms with Crippen LogP contribution in [0.2, 0.25) is 0 Å². The third-order valence-corrected chi connectivity index (χ3v) is 5.85. The van der Waals surface area contributed by atoms with E-state index in [1.54, 1.807) is 5.06 Å². The third-order valence-electron chi connectivity index (χ3n) is 5.85. The minimum Gasteiger partial charge on any atom is -0.468 e. The molecule has 0 unspecified atom stereocenters. The van der Waals surface area contributed by atoms with Crippen molar-refractivity contribution >= 4 is 17.6 Å². The Bertz CT molecular complexity index is 1040. The molecule has 1 heterocycles. The van der Waals surface area contributed by atoms with E-state index in [0.29, 0.717) is 5.69 Å². The molecule has 1 fully saturated rings. The molecule has 6 nitrogen and oxygen atoms in total. The van der Waals surface area contributed by atoms with Crippen molar-refractivity contribution in [2.24, 2.45) is 5.41 Å². The van der Waals surface area contributed by atoms with Crippen LogP contribution in [0.1, 0.15) is 29.7 Å². The van der Waals surface area contributed by atoms with Gasteiger partial charge in [0.15, 0.2) is 5.41 Å². The number of benzene rings is 3. The molecule has 0 radical (unpaired) electrons. The number of hydrogen-bond acceptors (Lipinski definition) is 6. The number of anilines is 1. The Hall–Kier alpha value is -3.64. The summed E-state index contributed by atoms with van der Waals surface area (Å²) in [5.41, 5.74) is 0.634. The minimum absolute atomic E-state index is 0.0687. The molecule has 164 valence electrons. The molecule has 4 rings (SSSR count). The standard InChI is InChI=1S/C26H25NO5/c1-30-24(28)26(25(29)31-2)18-22(19-12-6-3-7-13-19)32-27(21-16-10-5-11-17-21)23(26)20-14-8-4-9-15-20/h3-17,22-23H,18H2,1-2H3/t22-,23-/m1/s1. The van der Waals surface area contributed by atoms with E-state index in [4.69, 9.17) is 14.3 Å². The molecule has 1 aliphatic heterocycles. The zero-order valence-electron chi connectivity index (χ0n) is 18.0. The molecule has 0 spiro atoms. The number of para-hydroxylation sites is 1. The second-order valence-corrected chi connectivity index (χ2v) is 7.64. The summed E-state index contributed by atoms with van der Waals surface area (Å²) in [4.78, 5) is 33.3. The maximum absolute atomic E-state index is 13.4. The van der Waals surface area contributed by atoms with E-state index in [2.05, 4.69) is 0 Å². The number of methoxy groups -OCH3 is 2. The Kier molecular flexibility index (Phi) is 6.23. The van der Waals surface area contributed by atoms with Gasteiger partial charge in [-0.3, -0.25) is 14.4 Å². The number of hydrogen-bond donors (Lipinski definition) is 0. The topological polar surface area (TPSA) is 65.1 Å². The minimum atomic E-state index is -1.65. The van der Waals surface area contributed by atoms with E-state index in [1.165, 1.54) is 14.2 Å². The molecule has 0 amide bonds. The fourth-order valence-corrected chi connectivity index (χ4v) is 4.36. The Balaban J connectivity index is 1.97. The van der Waals surface area contributed by atoms with Gasteiger partial charge in [-0.15, -0.1) is 0 Å². The van der Waals surface area contributed by atoms with Crippen molar-refractivity contribution in [2.45, 2.75) is 18.6 Å². The van der Waals surface area contributed by atoms with Crippen LogP contribution in [0.15, 0.2) is 91.0 Å². The van der Waals surface area contributed by atoms with Crippen LogP contribution in [0.5, 0.6) is 0 Å². The smallest absolute Gasteiger partial charge is 0.325 e. The molecule has 0 N–H and O–H groups in total. The first kappa shape index (κ1) is 21.6. The fourth-order valence-electron chi connectivity index (χ4n) is 4.36. The highest BCUT2D eigenvalue weighted by Crippen LogP contribution is 2.53. The number of carbonyl (C=O) groups is 2. The fraction of sp³-hybridized carbons (Fsp3) is 0.231. The average Bonchev–Trinajstić information content (AvgIpc) is 2.88. The lowest BCUT2D eigenvalue weighted by Gasteiger charge is -2.49. The molecule has 0 bridgehead atoms. The lowest BCUT2D eigenvalue weighted by Crippen LogP contribution is -2.56. The van der Waals surface area contributed by atoms with Crippen molar-refractivity contribution in [1.82, 2.24) is 0 Å². The predicted octanol–water partition coefficient (Wildman–Crippen LogP) is 4.64. The van der Waals surface area contributed by atoms with Gasteiger partial charge in [-0.1, -0.05) is 78.9 Å². The van der Waals surface area contributed by atoms with Gasteiger partial charge in [-0.2, -0.15) is 0 Å². The molecule has 1 aliphatic rings. The maximum Gasteiger partial charge on any atom is 0.325 e. The molecule has 0 aliphatic carbocycles. The molecule has 6 heteroatoms. The Morgan fingerprint density at radius 1 is 0.781 bits per heavy atom. The Morgan fingerprint density at radius 3 is 1.75 bits per heavy atom. The highest BCUT2D eigenvalue weighted by molar-refractivity contribution is 6.02. The van der Waals surface area contributed by atoms with Gasteiger partial charge >= 0.3 is 11.9 Å². The van der Waals surface area contributed by atoms with E-state index in [-0.39, 0.29) is 6.42 Å². The largest absolute Gasteiger partial charge is 0.468 e. The molecular weight excluding hydrogens is 406 g/mol. The van der Waals surface area contributed by atoms with Gasteiger partial charge in [-0.05, 0) is 23.3 Å². The summed E-state index contributed by atoms with van der Waals surface area (Å²) in [6.45, 7) is 0. The van der Waals surface area contributed by atoms with Gasteiger partial charge in [0.25, 0.3) is 0 Å². The van der Waals surface area contributed by atoms with Crippen LogP contribution in [-0.4, -0.2) is 26.2 Å². The van der Waals surface area contributed by atoms with Gasteiger partial charge in [0.2, 0.25) is 0 Å². The van der Waals surface area contributed by atoms with Gasteiger partial charge in [0.1, 0.15) is 12.1 Å². The molecule has 0 saturated carbocycles. The van der Waals surface area contributed by atoms with Crippen LogP contribution < -0.4 is 5.06 Å². The van der Waals surface area contributed by atoms with Crippen molar-refractivity contribution in [3.05, 3.63) is 102 Å². The maximum atomic E-state index is 13.4. The average molecular weight is 431 g/mol. The summed E-state index contributed by atoms with van der Waals surface area (Å²) in [5.74, 6) is -1.33. The number of hydroxylamine groups is 1. The van der Waals surface area contributed by atoms with E-state index in [9.17, 15) is 9.59 Å². The van der Waals surface area contributed by atoms with E-state index >= 15 is 0 Å². The highest BCUT2D eigenvalue weighted by Gasteiger charge is 2.62. The molecule has 32 heavy (non-hydrogen) atoms. The summed E-state index contributed by atoms with van der Waals surface area (Å²) < 4.78 is 10.4. The highest BCUT2D eigenvalue weighted by atomic mass is 16.7. The van der Waals surface area contributed by atoms with Crippen LogP contribution in [0.25, 0.3) is 0 Å². The van der Waals surface area contributed by atoms with Crippen LogP contribution in [0, 0.1) is 5.41 Å². The van der Waals surface area contributed by atoms with Gasteiger partial charge in [-0.25, -0.2) is 5.06 Å². The monoisotopic (exact) mass is 431 g/mol. The summed E-state index contributed by atoms with van der Waals surface area (Å²) >= 11 is 0. The number of nitrogens with zero attached hydrogens (tertiary/aromatic N) is 1. The van der Waals surface area contributed by atoms with Crippen LogP contribution in [0.4, 0.5) is 5.69 Å². The SMILES string of the molecule is COC(=O)C1(C(=O)OC)C[C@H](c2ccccc2)ON(c2ccccc2)[C@@H]1c1ccccc1. The Labute approximate surface area is 187 Å². The third kappa shape index (κ3) is 3.74. The first-order valence-corrected chi connectivity index (χ1v) is 10.4.